The van der Waals surface area contributed by atoms with Crippen LogP contribution in [0.25, 0.3) is 10.8 Å². The second-order valence-corrected chi connectivity index (χ2v) is 6.66. The highest BCUT2D eigenvalue weighted by Crippen LogP contribution is 2.35. The number of amides is 2. The van der Waals surface area contributed by atoms with Gasteiger partial charge in [-0.15, -0.1) is 0 Å². The van der Waals surface area contributed by atoms with Gasteiger partial charge >= 0.3 is 0 Å². The number of hydrogen-bond acceptors (Lipinski definition) is 7. The Bertz CT molecular complexity index is 1300. The Morgan fingerprint density at radius 1 is 0.900 bits per heavy atom. The zero-order valence-corrected chi connectivity index (χ0v) is 15.6. The smallest absolute Gasteiger partial charge is 0.267 e. The summed E-state index contributed by atoms with van der Waals surface area (Å²) in [5.41, 5.74) is -0.143. The molecule has 148 valence electrons. The van der Waals surface area contributed by atoms with E-state index in [1.807, 2.05) is 0 Å². The number of halogens is 1. The fraction of sp³-hybridized carbons (Fsp3) is 0. The van der Waals surface area contributed by atoms with Crippen molar-refractivity contribution >= 4 is 51.8 Å². The third-order valence-corrected chi connectivity index (χ3v) is 4.87. The second kappa shape index (κ2) is 7.01. The van der Waals surface area contributed by atoms with Crippen LogP contribution in [0.2, 0.25) is 5.02 Å². The van der Waals surface area contributed by atoms with Crippen LogP contribution in [0.1, 0.15) is 26.3 Å². The van der Waals surface area contributed by atoms with E-state index in [1.54, 1.807) is 0 Å². The number of hydrazone groups is 1. The minimum Gasteiger partial charge on any atom is -0.267 e. The Kier molecular flexibility index (Phi) is 4.47. The maximum Gasteiger partial charge on any atom is 0.288 e. The number of benzene rings is 3. The average molecular weight is 425 g/mol. The summed E-state index contributed by atoms with van der Waals surface area (Å²) in [7, 11) is 0. The number of nitro benzene ring substituents is 2. The van der Waals surface area contributed by atoms with Gasteiger partial charge in [-0.25, -0.2) is 0 Å². The number of nitrogens with zero attached hydrogens (tertiary/aromatic N) is 4. The van der Waals surface area contributed by atoms with Crippen molar-refractivity contribution in [3.63, 3.8) is 0 Å². The van der Waals surface area contributed by atoms with Gasteiger partial charge in [0.15, 0.2) is 0 Å². The molecule has 4 rings (SSSR count). The molecule has 3 aromatic carbocycles. The fourth-order valence-corrected chi connectivity index (χ4v) is 3.39. The molecule has 0 radical (unpaired) electrons. The van der Waals surface area contributed by atoms with Gasteiger partial charge in [0, 0.05) is 23.1 Å². The summed E-state index contributed by atoms with van der Waals surface area (Å²) in [6.45, 7) is 0. The zero-order chi connectivity index (χ0) is 21.6. The first-order valence-corrected chi connectivity index (χ1v) is 8.74. The predicted octanol–water partition coefficient (Wildman–Crippen LogP) is 3.94. The third kappa shape index (κ3) is 2.95. The van der Waals surface area contributed by atoms with Crippen LogP contribution in [0.5, 0.6) is 0 Å². The largest absolute Gasteiger partial charge is 0.288 e. The first kappa shape index (κ1) is 19.2. The van der Waals surface area contributed by atoms with Crippen LogP contribution in [0.4, 0.5) is 11.4 Å². The monoisotopic (exact) mass is 424 g/mol. The van der Waals surface area contributed by atoms with Crippen LogP contribution < -0.4 is 0 Å². The van der Waals surface area contributed by atoms with Gasteiger partial charge in [-0.05, 0) is 24.3 Å². The van der Waals surface area contributed by atoms with Gasteiger partial charge in [-0.3, -0.25) is 29.8 Å². The molecule has 1 aliphatic rings. The number of imide groups is 1. The van der Waals surface area contributed by atoms with Crippen molar-refractivity contribution in [1.29, 1.82) is 0 Å². The molecule has 0 spiro atoms. The molecule has 0 saturated heterocycles. The van der Waals surface area contributed by atoms with Gasteiger partial charge in [0.1, 0.15) is 5.02 Å². The summed E-state index contributed by atoms with van der Waals surface area (Å²) in [6.07, 6.45) is 1.12. The van der Waals surface area contributed by atoms with Crippen molar-refractivity contribution in [2.75, 3.05) is 0 Å². The van der Waals surface area contributed by atoms with E-state index in [4.69, 9.17) is 11.6 Å². The average Bonchev–Trinajstić information content (AvgIpc) is 2.72. The zero-order valence-electron chi connectivity index (χ0n) is 14.8. The predicted molar refractivity (Wildman–Crippen MR) is 107 cm³/mol. The molecule has 0 unspecified atom stereocenters. The van der Waals surface area contributed by atoms with Crippen molar-refractivity contribution in [3.05, 3.63) is 90.5 Å². The molecule has 11 heteroatoms. The molecule has 2 amide bonds. The summed E-state index contributed by atoms with van der Waals surface area (Å²) in [4.78, 5) is 46.7. The Morgan fingerprint density at radius 3 is 2.23 bits per heavy atom. The molecule has 0 fully saturated rings. The lowest BCUT2D eigenvalue weighted by Gasteiger charge is -2.22. The number of rotatable bonds is 4. The van der Waals surface area contributed by atoms with Gasteiger partial charge in [0.2, 0.25) is 0 Å². The summed E-state index contributed by atoms with van der Waals surface area (Å²) >= 11 is 5.77. The SMILES string of the molecule is O=C1c2cccc3c([N+](=O)[O-])ccc(c23)C(=O)N1/N=C\c1ccc(Cl)c([N+](=O)[O-])c1. The lowest BCUT2D eigenvalue weighted by Crippen LogP contribution is -2.36. The van der Waals surface area contributed by atoms with Crippen LogP contribution >= 0.6 is 11.6 Å². The lowest BCUT2D eigenvalue weighted by atomic mass is 9.94. The van der Waals surface area contributed by atoms with Crippen molar-refractivity contribution < 1.29 is 19.4 Å². The summed E-state index contributed by atoms with van der Waals surface area (Å²) in [5.74, 6) is -1.53. The molecule has 3 aromatic rings. The summed E-state index contributed by atoms with van der Waals surface area (Å²) in [6, 6.07) is 10.8. The molecule has 1 heterocycles. The van der Waals surface area contributed by atoms with Gasteiger partial charge in [0.05, 0.1) is 32.6 Å². The number of carbonyl (C=O) groups is 2. The molecule has 0 aliphatic carbocycles. The van der Waals surface area contributed by atoms with Gasteiger partial charge in [0.25, 0.3) is 23.2 Å². The minimum absolute atomic E-state index is 0.0653. The molecular weight excluding hydrogens is 416 g/mol. The molecule has 0 bridgehead atoms. The van der Waals surface area contributed by atoms with Crippen LogP contribution in [0.15, 0.2) is 53.6 Å². The highest BCUT2D eigenvalue weighted by molar-refractivity contribution is 6.32. The van der Waals surface area contributed by atoms with Gasteiger partial charge in [-0.2, -0.15) is 10.1 Å². The van der Waals surface area contributed by atoms with Crippen LogP contribution in [0, 0.1) is 20.2 Å². The van der Waals surface area contributed by atoms with E-state index in [2.05, 4.69) is 5.10 Å². The van der Waals surface area contributed by atoms with Crippen LogP contribution in [-0.4, -0.2) is 32.9 Å². The highest BCUT2D eigenvalue weighted by Gasteiger charge is 2.34. The Hall–Kier alpha value is -4.18. The quantitative estimate of drug-likeness (QED) is 0.269. The molecule has 30 heavy (non-hydrogen) atoms. The van der Waals surface area contributed by atoms with Gasteiger partial charge < -0.3 is 0 Å². The van der Waals surface area contributed by atoms with E-state index in [1.165, 1.54) is 42.5 Å². The highest BCUT2D eigenvalue weighted by atomic mass is 35.5. The fourth-order valence-electron chi connectivity index (χ4n) is 3.21. The standard InChI is InChI=1S/C19H9ClN4O6/c20-14-6-4-10(8-16(14)24(29)30)9-21-22-18(25)12-3-1-2-11-15(23(27)28)7-5-13(17(11)12)19(22)26/h1-9H/b21-9-. The Labute approximate surface area is 172 Å². The van der Waals surface area contributed by atoms with E-state index in [0.29, 0.717) is 5.01 Å². The first-order valence-electron chi connectivity index (χ1n) is 8.36. The number of carbonyl (C=O) groups excluding carboxylic acids is 2. The summed E-state index contributed by atoms with van der Waals surface area (Å²) < 4.78 is 0. The van der Waals surface area contributed by atoms with E-state index in [9.17, 15) is 29.8 Å². The molecule has 1 aliphatic heterocycles. The topological polar surface area (TPSA) is 136 Å². The molecule has 10 nitrogen and oxygen atoms in total. The van der Waals surface area contributed by atoms with E-state index < -0.39 is 21.7 Å². The molecule has 0 saturated carbocycles. The normalized spacial score (nSPS) is 13.3. The lowest BCUT2D eigenvalue weighted by molar-refractivity contribution is -0.384. The molecule has 0 N–H and O–H groups in total. The van der Waals surface area contributed by atoms with E-state index in [-0.39, 0.29) is 43.9 Å². The molecule has 0 aromatic heterocycles. The number of non-ortho nitro benzene ring substituents is 1. The van der Waals surface area contributed by atoms with Crippen molar-refractivity contribution in [2.24, 2.45) is 5.10 Å². The third-order valence-electron chi connectivity index (χ3n) is 4.55. The van der Waals surface area contributed by atoms with Gasteiger partial charge in [-0.1, -0.05) is 23.7 Å². The van der Waals surface area contributed by atoms with Crippen LogP contribution in [-0.2, 0) is 0 Å². The van der Waals surface area contributed by atoms with Crippen molar-refractivity contribution in [2.45, 2.75) is 0 Å². The maximum absolute atomic E-state index is 12.8. The Balaban J connectivity index is 1.78. The molecule has 0 atom stereocenters. The number of nitro groups is 2. The second-order valence-electron chi connectivity index (χ2n) is 6.25. The van der Waals surface area contributed by atoms with Crippen LogP contribution in [0.3, 0.4) is 0 Å². The molecular formula is C19H9ClN4O6. The minimum atomic E-state index is -0.765. The summed E-state index contributed by atoms with van der Waals surface area (Å²) in [5, 5.41) is 27.1. The first-order chi connectivity index (χ1) is 14.3. The number of hydrogen-bond donors (Lipinski definition) is 0. The Morgan fingerprint density at radius 2 is 1.57 bits per heavy atom. The maximum atomic E-state index is 12.8. The van der Waals surface area contributed by atoms with E-state index >= 15 is 0 Å². The van der Waals surface area contributed by atoms with Crippen molar-refractivity contribution in [1.82, 2.24) is 5.01 Å². The van der Waals surface area contributed by atoms with Crippen molar-refractivity contribution in [3.8, 4) is 0 Å². The van der Waals surface area contributed by atoms with E-state index in [0.717, 1.165) is 12.3 Å².